The molecule has 0 saturated carbocycles. The number of carbonyl (C=O) groups excluding carboxylic acids is 1. The zero-order chi connectivity index (χ0) is 19.4. The van der Waals surface area contributed by atoms with Crippen molar-refractivity contribution in [2.75, 3.05) is 17.7 Å². The van der Waals surface area contributed by atoms with Crippen LogP contribution in [-0.2, 0) is 4.79 Å². The molecule has 1 atom stereocenters. The summed E-state index contributed by atoms with van der Waals surface area (Å²) in [4.78, 5) is 11.3. The van der Waals surface area contributed by atoms with E-state index >= 15 is 0 Å². The normalized spacial score (nSPS) is 11.7. The Morgan fingerprint density at radius 3 is 2.56 bits per heavy atom. The van der Waals surface area contributed by atoms with Crippen molar-refractivity contribution in [1.82, 2.24) is 10.2 Å². The van der Waals surface area contributed by atoms with Gasteiger partial charge in [-0.1, -0.05) is 17.7 Å². The second-order valence-corrected chi connectivity index (χ2v) is 6.27. The molecule has 1 unspecified atom stereocenters. The molecule has 2 N–H and O–H groups in total. The number of nitrogens with zero attached hydrogens (tertiary/aromatic N) is 2. The van der Waals surface area contributed by atoms with Gasteiger partial charge in [0.1, 0.15) is 11.8 Å². The fourth-order valence-corrected chi connectivity index (χ4v) is 2.62. The Balaban J connectivity index is 1.80. The van der Waals surface area contributed by atoms with Gasteiger partial charge in [0.15, 0.2) is 0 Å². The zero-order valence-electron chi connectivity index (χ0n) is 15.7. The van der Waals surface area contributed by atoms with Crippen molar-refractivity contribution in [2.45, 2.75) is 26.8 Å². The van der Waals surface area contributed by atoms with Crippen molar-refractivity contribution in [3.05, 3.63) is 53.9 Å². The Labute approximate surface area is 157 Å². The largest absolute Gasteiger partial charge is 0.495 e. The van der Waals surface area contributed by atoms with Crippen LogP contribution in [0.3, 0.4) is 0 Å². The standard InChI is InChI=1S/C20H22N4O3/c1-12-5-7-15(8-6-12)20-24-23-19(27-20)13(2)21-17-11-16(22-14(3)25)9-10-18(17)26-4/h5-11,13,21H,1-4H3,(H,22,25). The lowest BCUT2D eigenvalue weighted by molar-refractivity contribution is -0.114. The predicted octanol–water partition coefficient (Wildman–Crippen LogP) is 4.19. The van der Waals surface area contributed by atoms with Crippen molar-refractivity contribution in [3.63, 3.8) is 0 Å². The Hall–Kier alpha value is -3.35. The minimum absolute atomic E-state index is 0.140. The summed E-state index contributed by atoms with van der Waals surface area (Å²) in [5.41, 5.74) is 3.42. The van der Waals surface area contributed by atoms with Crippen molar-refractivity contribution in [3.8, 4) is 17.2 Å². The lowest BCUT2D eigenvalue weighted by Crippen LogP contribution is -2.10. The monoisotopic (exact) mass is 366 g/mol. The maximum Gasteiger partial charge on any atom is 0.247 e. The fourth-order valence-electron chi connectivity index (χ4n) is 2.62. The van der Waals surface area contributed by atoms with Crippen LogP contribution >= 0.6 is 0 Å². The third kappa shape index (κ3) is 4.44. The molecule has 1 heterocycles. The molecule has 7 nitrogen and oxygen atoms in total. The van der Waals surface area contributed by atoms with E-state index in [1.807, 2.05) is 38.1 Å². The zero-order valence-corrected chi connectivity index (χ0v) is 15.7. The molecule has 0 aliphatic heterocycles. The van der Waals surface area contributed by atoms with Gasteiger partial charge in [-0.25, -0.2) is 0 Å². The molecule has 140 valence electrons. The molecule has 0 aliphatic carbocycles. The van der Waals surface area contributed by atoms with Crippen LogP contribution in [0.15, 0.2) is 46.9 Å². The van der Waals surface area contributed by atoms with Gasteiger partial charge in [-0.3, -0.25) is 4.79 Å². The van der Waals surface area contributed by atoms with E-state index in [2.05, 4.69) is 20.8 Å². The third-order valence-electron chi connectivity index (χ3n) is 4.00. The van der Waals surface area contributed by atoms with Crippen LogP contribution < -0.4 is 15.4 Å². The molecule has 1 amide bonds. The first kappa shape index (κ1) is 18.4. The Morgan fingerprint density at radius 1 is 1.15 bits per heavy atom. The van der Waals surface area contributed by atoms with Gasteiger partial charge in [-0.05, 0) is 44.2 Å². The Morgan fingerprint density at radius 2 is 1.89 bits per heavy atom. The van der Waals surface area contributed by atoms with E-state index in [1.54, 1.807) is 25.3 Å². The maximum atomic E-state index is 11.3. The summed E-state index contributed by atoms with van der Waals surface area (Å²) in [5.74, 6) is 1.43. The topological polar surface area (TPSA) is 89.3 Å². The number of rotatable bonds is 6. The van der Waals surface area contributed by atoms with Crippen molar-refractivity contribution >= 4 is 17.3 Å². The molecule has 1 aromatic heterocycles. The number of aromatic nitrogens is 2. The summed E-state index contributed by atoms with van der Waals surface area (Å²) in [7, 11) is 1.59. The molecule has 0 spiro atoms. The number of carbonyl (C=O) groups is 1. The van der Waals surface area contributed by atoms with Crippen LogP contribution in [0.1, 0.15) is 31.3 Å². The van der Waals surface area contributed by atoms with Crippen LogP contribution in [0.5, 0.6) is 5.75 Å². The minimum Gasteiger partial charge on any atom is -0.495 e. The number of amides is 1. The van der Waals surface area contributed by atoms with Crippen LogP contribution in [0.2, 0.25) is 0 Å². The van der Waals surface area contributed by atoms with Gasteiger partial charge in [0.2, 0.25) is 17.7 Å². The van der Waals surface area contributed by atoms with Gasteiger partial charge in [-0.15, -0.1) is 10.2 Å². The Kier molecular flexibility index (Phi) is 5.40. The number of hydrogen-bond acceptors (Lipinski definition) is 6. The number of ether oxygens (including phenoxy) is 1. The van der Waals surface area contributed by atoms with E-state index < -0.39 is 0 Å². The van der Waals surface area contributed by atoms with Crippen molar-refractivity contribution < 1.29 is 13.9 Å². The summed E-state index contributed by atoms with van der Waals surface area (Å²) in [6.45, 7) is 5.40. The number of nitrogens with one attached hydrogen (secondary N) is 2. The summed E-state index contributed by atoms with van der Waals surface area (Å²) >= 11 is 0. The molecular weight excluding hydrogens is 344 g/mol. The predicted molar refractivity (Wildman–Crippen MR) is 104 cm³/mol. The summed E-state index contributed by atoms with van der Waals surface area (Å²) in [6, 6.07) is 13.0. The molecule has 2 aromatic carbocycles. The van der Waals surface area contributed by atoms with Crippen LogP contribution in [0.4, 0.5) is 11.4 Å². The van der Waals surface area contributed by atoms with E-state index in [0.717, 1.165) is 5.56 Å². The van der Waals surface area contributed by atoms with Gasteiger partial charge in [0.25, 0.3) is 0 Å². The van der Waals surface area contributed by atoms with Crippen LogP contribution in [0, 0.1) is 6.92 Å². The molecule has 0 bridgehead atoms. The van der Waals surface area contributed by atoms with Crippen LogP contribution in [0.25, 0.3) is 11.5 Å². The molecule has 0 radical (unpaired) electrons. The second kappa shape index (κ2) is 7.90. The third-order valence-corrected chi connectivity index (χ3v) is 4.00. The maximum absolute atomic E-state index is 11.3. The lowest BCUT2D eigenvalue weighted by atomic mass is 10.1. The molecule has 0 aliphatic rings. The first-order chi connectivity index (χ1) is 13.0. The SMILES string of the molecule is COc1ccc(NC(C)=O)cc1NC(C)c1nnc(-c2ccc(C)cc2)o1. The van der Waals surface area contributed by atoms with E-state index in [-0.39, 0.29) is 11.9 Å². The molecule has 0 saturated heterocycles. The van der Waals surface area contributed by atoms with Gasteiger partial charge in [-0.2, -0.15) is 0 Å². The molecule has 7 heteroatoms. The highest BCUT2D eigenvalue weighted by atomic mass is 16.5. The first-order valence-electron chi connectivity index (χ1n) is 8.59. The highest BCUT2D eigenvalue weighted by molar-refractivity contribution is 5.89. The summed E-state index contributed by atoms with van der Waals surface area (Å²) in [5, 5.41) is 14.3. The number of methoxy groups -OCH3 is 1. The average molecular weight is 366 g/mol. The molecule has 27 heavy (non-hydrogen) atoms. The highest BCUT2D eigenvalue weighted by Crippen LogP contribution is 2.31. The van der Waals surface area contributed by atoms with Gasteiger partial charge in [0, 0.05) is 18.2 Å². The first-order valence-corrected chi connectivity index (χ1v) is 8.59. The van der Waals surface area contributed by atoms with Gasteiger partial charge < -0.3 is 19.8 Å². The minimum atomic E-state index is -0.252. The lowest BCUT2D eigenvalue weighted by Gasteiger charge is -2.16. The fraction of sp³-hybridized carbons (Fsp3) is 0.250. The van der Waals surface area contributed by atoms with Crippen molar-refractivity contribution in [1.29, 1.82) is 0 Å². The van der Waals surface area contributed by atoms with E-state index in [1.165, 1.54) is 12.5 Å². The molecule has 0 fully saturated rings. The van der Waals surface area contributed by atoms with Crippen LogP contribution in [-0.4, -0.2) is 23.2 Å². The van der Waals surface area contributed by atoms with Crippen molar-refractivity contribution in [2.24, 2.45) is 0 Å². The molecule has 3 rings (SSSR count). The average Bonchev–Trinajstić information content (AvgIpc) is 3.12. The number of benzene rings is 2. The quantitative estimate of drug-likeness (QED) is 0.680. The van der Waals surface area contributed by atoms with E-state index in [9.17, 15) is 4.79 Å². The highest BCUT2D eigenvalue weighted by Gasteiger charge is 2.17. The number of hydrogen-bond donors (Lipinski definition) is 2. The smallest absolute Gasteiger partial charge is 0.247 e. The van der Waals surface area contributed by atoms with E-state index in [4.69, 9.17) is 9.15 Å². The van der Waals surface area contributed by atoms with Gasteiger partial charge in [0.05, 0.1) is 12.8 Å². The molecular formula is C20H22N4O3. The van der Waals surface area contributed by atoms with Gasteiger partial charge >= 0.3 is 0 Å². The summed E-state index contributed by atoms with van der Waals surface area (Å²) in [6.07, 6.45) is 0. The number of anilines is 2. The second-order valence-electron chi connectivity index (χ2n) is 6.27. The summed E-state index contributed by atoms with van der Waals surface area (Å²) < 4.78 is 11.2. The van der Waals surface area contributed by atoms with E-state index in [0.29, 0.717) is 28.9 Å². The molecule has 3 aromatic rings. The Bertz CT molecular complexity index is 935. The number of aryl methyl sites for hydroxylation is 1.